The molecule has 0 saturated heterocycles. The molecule has 0 unspecified atom stereocenters. The number of hydrogen-bond acceptors (Lipinski definition) is 5. The first-order valence-corrected chi connectivity index (χ1v) is 11.4. The van der Waals surface area contributed by atoms with Gasteiger partial charge in [0, 0.05) is 11.4 Å². The molecule has 6 nitrogen and oxygen atoms in total. The molecule has 0 radical (unpaired) electrons. The van der Waals surface area contributed by atoms with E-state index in [0.717, 1.165) is 11.8 Å². The number of aromatic nitrogens is 1. The van der Waals surface area contributed by atoms with E-state index in [0.29, 0.717) is 33.8 Å². The van der Waals surface area contributed by atoms with Gasteiger partial charge in [0.1, 0.15) is 5.69 Å². The van der Waals surface area contributed by atoms with Crippen molar-refractivity contribution in [2.45, 2.75) is 51.7 Å². The molecule has 32 heavy (non-hydrogen) atoms. The molecule has 1 N–H and O–H groups in total. The number of benzene rings is 1. The highest BCUT2D eigenvalue weighted by Crippen LogP contribution is 2.49. The van der Waals surface area contributed by atoms with Crippen molar-refractivity contribution in [2.75, 3.05) is 0 Å². The first-order valence-electron chi connectivity index (χ1n) is 11.4. The van der Waals surface area contributed by atoms with Crippen LogP contribution in [0.4, 0.5) is 0 Å². The molecule has 2 bridgehead atoms. The van der Waals surface area contributed by atoms with Crippen molar-refractivity contribution in [1.82, 2.24) is 10.3 Å². The lowest BCUT2D eigenvalue weighted by Crippen LogP contribution is -2.45. The molecule has 2 fully saturated rings. The summed E-state index contributed by atoms with van der Waals surface area (Å²) in [5.74, 6) is 1.83. The largest absolute Gasteiger partial charge is 0.463 e. The number of nitrogens with zero attached hydrogens (tertiary/aromatic N) is 1. The van der Waals surface area contributed by atoms with E-state index in [1.54, 1.807) is 31.4 Å². The van der Waals surface area contributed by atoms with E-state index < -0.39 is 12.1 Å². The molecule has 5 atom stereocenters. The number of rotatable bonds is 6. The summed E-state index contributed by atoms with van der Waals surface area (Å²) in [6.45, 7) is 3.70. The van der Waals surface area contributed by atoms with Crippen molar-refractivity contribution in [3.63, 3.8) is 0 Å². The molecule has 2 heterocycles. The van der Waals surface area contributed by atoms with Crippen LogP contribution in [0.25, 0.3) is 22.4 Å². The first-order chi connectivity index (χ1) is 15.5. The Morgan fingerprint density at radius 1 is 1.12 bits per heavy atom. The Morgan fingerprint density at radius 3 is 2.69 bits per heavy atom. The lowest BCUT2D eigenvalue weighted by atomic mass is 9.84. The quantitative estimate of drug-likeness (QED) is 0.556. The van der Waals surface area contributed by atoms with Crippen molar-refractivity contribution < 1.29 is 18.7 Å². The fourth-order valence-corrected chi connectivity index (χ4v) is 5.53. The van der Waals surface area contributed by atoms with Crippen LogP contribution in [0.2, 0.25) is 0 Å². The number of fused-ring (bicyclic) bond motifs is 3. The Morgan fingerprint density at radius 2 is 1.97 bits per heavy atom. The van der Waals surface area contributed by atoms with E-state index in [-0.39, 0.29) is 11.9 Å². The van der Waals surface area contributed by atoms with Gasteiger partial charge in [-0.2, -0.15) is 0 Å². The number of hydrogen-bond donors (Lipinski definition) is 1. The Balaban J connectivity index is 1.31. The minimum atomic E-state index is -0.887. The van der Waals surface area contributed by atoms with Crippen LogP contribution >= 0.6 is 0 Å². The second kappa shape index (κ2) is 8.41. The van der Waals surface area contributed by atoms with Gasteiger partial charge in [0.25, 0.3) is 5.91 Å². The van der Waals surface area contributed by atoms with Gasteiger partial charge in [0.2, 0.25) is 0 Å². The van der Waals surface area contributed by atoms with Crippen LogP contribution in [0.5, 0.6) is 0 Å². The van der Waals surface area contributed by atoms with E-state index in [1.807, 2.05) is 24.3 Å². The van der Waals surface area contributed by atoms with E-state index in [4.69, 9.17) is 9.15 Å². The molecule has 0 aliphatic heterocycles. The van der Waals surface area contributed by atoms with Gasteiger partial charge in [0.05, 0.1) is 17.3 Å². The predicted octanol–water partition coefficient (Wildman–Crippen LogP) is 4.98. The first kappa shape index (κ1) is 20.7. The average molecular weight is 433 g/mol. The molecule has 6 heteroatoms. The number of nitrogens with one attached hydrogen (secondary N) is 1. The summed E-state index contributed by atoms with van der Waals surface area (Å²) in [6.07, 6.45) is 5.76. The highest BCUT2D eigenvalue weighted by molar-refractivity contribution is 6.05. The number of amides is 1. The van der Waals surface area contributed by atoms with E-state index in [2.05, 4.69) is 17.2 Å². The summed E-state index contributed by atoms with van der Waals surface area (Å²) in [7, 11) is 0. The van der Waals surface area contributed by atoms with Crippen LogP contribution in [0.15, 0.2) is 53.1 Å². The van der Waals surface area contributed by atoms with Crippen LogP contribution < -0.4 is 5.32 Å². The monoisotopic (exact) mass is 432 g/mol. The lowest BCUT2D eigenvalue weighted by Gasteiger charge is -2.29. The fourth-order valence-electron chi connectivity index (χ4n) is 5.53. The van der Waals surface area contributed by atoms with E-state index in [9.17, 15) is 9.59 Å². The Hall–Kier alpha value is -3.15. The maximum atomic E-state index is 13.1. The molecule has 2 aromatic heterocycles. The fraction of sp³-hybridized carbons (Fsp3) is 0.423. The number of pyridine rings is 1. The van der Waals surface area contributed by atoms with Crippen LogP contribution in [0, 0.1) is 17.8 Å². The minimum absolute atomic E-state index is 0.0891. The van der Waals surface area contributed by atoms with Gasteiger partial charge in [-0.1, -0.05) is 24.6 Å². The van der Waals surface area contributed by atoms with E-state index >= 15 is 0 Å². The number of para-hydroxylation sites is 1. The summed E-state index contributed by atoms with van der Waals surface area (Å²) in [4.78, 5) is 30.5. The van der Waals surface area contributed by atoms with Gasteiger partial charge in [-0.3, -0.25) is 4.79 Å². The van der Waals surface area contributed by atoms with Gasteiger partial charge in [-0.25, -0.2) is 9.78 Å². The molecule has 1 aromatic carbocycles. The van der Waals surface area contributed by atoms with Crippen molar-refractivity contribution in [1.29, 1.82) is 0 Å². The number of carbonyl (C=O) groups is 2. The molecular weight excluding hydrogens is 404 g/mol. The lowest BCUT2D eigenvalue weighted by molar-refractivity contribution is -0.130. The second-order valence-electron chi connectivity index (χ2n) is 9.23. The molecular formula is C26H28N2O4. The minimum Gasteiger partial charge on any atom is -0.463 e. The molecule has 5 rings (SSSR count). The van der Waals surface area contributed by atoms with Crippen molar-refractivity contribution in [3.8, 4) is 11.5 Å². The topological polar surface area (TPSA) is 81.4 Å². The highest BCUT2D eigenvalue weighted by Gasteiger charge is 2.42. The maximum absolute atomic E-state index is 13.1. The SMILES string of the molecule is C[C@H](OC(=O)c1cc(-c2ccco2)nc2ccccc12)C(=O)N[C@@H](C)[C@H]1C[C@H]2CC[C@H]1C2. The summed E-state index contributed by atoms with van der Waals surface area (Å²) in [5, 5.41) is 3.77. The molecule has 2 aliphatic rings. The summed E-state index contributed by atoms with van der Waals surface area (Å²) in [5.41, 5.74) is 1.57. The normalized spacial score (nSPS) is 23.8. The Kier molecular flexibility index (Phi) is 5.45. The molecule has 2 saturated carbocycles. The average Bonchev–Trinajstić information content (AvgIpc) is 3.56. The molecule has 0 spiro atoms. The zero-order valence-electron chi connectivity index (χ0n) is 18.4. The highest BCUT2D eigenvalue weighted by atomic mass is 16.5. The molecule has 3 aromatic rings. The van der Waals surface area contributed by atoms with Crippen molar-refractivity contribution in [2.24, 2.45) is 17.8 Å². The number of esters is 1. The summed E-state index contributed by atoms with van der Waals surface area (Å²) in [6, 6.07) is 12.7. The van der Waals surface area contributed by atoms with Crippen LogP contribution in [-0.4, -0.2) is 29.0 Å². The zero-order valence-corrected chi connectivity index (χ0v) is 18.4. The van der Waals surface area contributed by atoms with E-state index in [1.165, 1.54) is 25.7 Å². The summed E-state index contributed by atoms with van der Waals surface area (Å²) >= 11 is 0. The predicted molar refractivity (Wildman–Crippen MR) is 121 cm³/mol. The van der Waals surface area contributed by atoms with Crippen LogP contribution in [0.1, 0.15) is 49.9 Å². The number of furan rings is 1. The van der Waals surface area contributed by atoms with Crippen molar-refractivity contribution in [3.05, 3.63) is 54.3 Å². The van der Waals surface area contributed by atoms with Gasteiger partial charge in [0.15, 0.2) is 11.9 Å². The van der Waals surface area contributed by atoms with Gasteiger partial charge >= 0.3 is 5.97 Å². The van der Waals surface area contributed by atoms with Crippen LogP contribution in [-0.2, 0) is 9.53 Å². The number of carbonyl (C=O) groups excluding carboxylic acids is 2. The third-order valence-corrected chi connectivity index (χ3v) is 7.17. The maximum Gasteiger partial charge on any atom is 0.339 e. The van der Waals surface area contributed by atoms with Crippen LogP contribution in [0.3, 0.4) is 0 Å². The molecule has 2 aliphatic carbocycles. The Labute approximate surface area is 187 Å². The third kappa shape index (κ3) is 3.90. The Bertz CT molecular complexity index is 1140. The number of ether oxygens (including phenoxy) is 1. The van der Waals surface area contributed by atoms with Gasteiger partial charge < -0.3 is 14.5 Å². The van der Waals surface area contributed by atoms with Gasteiger partial charge in [-0.05, 0) is 75.1 Å². The van der Waals surface area contributed by atoms with Crippen molar-refractivity contribution >= 4 is 22.8 Å². The third-order valence-electron chi connectivity index (χ3n) is 7.17. The standard InChI is InChI=1S/C26H28N2O4/c1-15(20-13-17-9-10-18(20)12-17)27-25(29)16(2)32-26(30)21-14-23(24-8-5-11-31-24)28-22-7-4-3-6-19(21)22/h3-8,11,14-18,20H,9-10,12-13H2,1-2H3,(H,27,29)/t15-,16-,17-,18-,20+/m0/s1. The molecule has 1 amide bonds. The second-order valence-corrected chi connectivity index (χ2v) is 9.23. The summed E-state index contributed by atoms with van der Waals surface area (Å²) < 4.78 is 11.1. The van der Waals surface area contributed by atoms with Gasteiger partial charge in [-0.15, -0.1) is 0 Å². The molecule has 166 valence electrons. The smallest absolute Gasteiger partial charge is 0.339 e. The zero-order chi connectivity index (χ0) is 22.2.